The minimum Gasteiger partial charge on any atom is -0.660 e. The van der Waals surface area contributed by atoms with Gasteiger partial charge in [0.2, 0.25) is 5.27 Å². The van der Waals surface area contributed by atoms with Crippen LogP contribution in [0.3, 0.4) is 0 Å². The third-order valence-electron chi connectivity index (χ3n) is 4.42. The van der Waals surface area contributed by atoms with Gasteiger partial charge in [-0.2, -0.15) is 0 Å². The van der Waals surface area contributed by atoms with Gasteiger partial charge in [-0.3, -0.25) is 9.48 Å². The van der Waals surface area contributed by atoms with E-state index in [1.165, 1.54) is 4.68 Å². The lowest BCUT2D eigenvalue weighted by molar-refractivity contribution is -0.661. The lowest BCUT2D eigenvalue weighted by atomic mass is 10.1. The molecule has 130 valence electrons. The molecule has 0 aliphatic rings. The number of rotatable bonds is 3. The second-order valence-electron chi connectivity index (χ2n) is 5.94. The van der Waals surface area contributed by atoms with E-state index in [0.29, 0.717) is 17.1 Å². The summed E-state index contributed by atoms with van der Waals surface area (Å²) >= 11 is 0. The maximum atomic E-state index is 13.2. The summed E-state index contributed by atoms with van der Waals surface area (Å²) in [6, 6.07) is 18.7. The van der Waals surface area contributed by atoms with Crippen molar-refractivity contribution in [2.75, 3.05) is 0 Å². The predicted molar refractivity (Wildman–Crippen MR) is 96.8 cm³/mol. The molecule has 0 aliphatic heterocycles. The highest BCUT2D eigenvalue weighted by molar-refractivity contribution is 5.67. The highest BCUT2D eigenvalue weighted by atomic mass is 16.5. The van der Waals surface area contributed by atoms with E-state index in [4.69, 9.17) is 10.3 Å². The Hall–Kier alpha value is -3.61. The topological polar surface area (TPSA) is 80.6 Å². The van der Waals surface area contributed by atoms with Crippen LogP contribution in [0.5, 0.6) is 0 Å². The zero-order valence-corrected chi connectivity index (χ0v) is 14.4. The Labute approximate surface area is 149 Å². The lowest BCUT2D eigenvalue weighted by Crippen LogP contribution is -2.40. The van der Waals surface area contributed by atoms with Crippen LogP contribution in [0, 0.1) is 6.92 Å². The molecule has 26 heavy (non-hydrogen) atoms. The van der Waals surface area contributed by atoms with Crippen LogP contribution in [0.1, 0.15) is 5.69 Å². The van der Waals surface area contributed by atoms with Crippen LogP contribution in [-0.4, -0.2) is 14.6 Å². The summed E-state index contributed by atoms with van der Waals surface area (Å²) in [4.78, 5) is 13.2. The molecule has 0 atom stereocenters. The SMILES string of the molecule is Cc1c(-[n+]2noc([NH-])c2-c2ccccc2)c(=O)n(-c2ccccc2)n1C. The van der Waals surface area contributed by atoms with Gasteiger partial charge in [-0.15, -0.1) is 0 Å². The van der Waals surface area contributed by atoms with Gasteiger partial charge in [0, 0.05) is 7.05 Å². The number of hydrogen-bond donors (Lipinski definition) is 0. The zero-order valence-electron chi connectivity index (χ0n) is 14.4. The molecule has 7 nitrogen and oxygen atoms in total. The van der Waals surface area contributed by atoms with Crippen molar-refractivity contribution < 1.29 is 9.20 Å². The normalized spacial score (nSPS) is 11.0. The van der Waals surface area contributed by atoms with Gasteiger partial charge in [-0.1, -0.05) is 36.4 Å². The molecule has 1 N–H and O–H groups in total. The van der Waals surface area contributed by atoms with Crippen LogP contribution in [-0.2, 0) is 7.05 Å². The first-order valence-electron chi connectivity index (χ1n) is 8.13. The summed E-state index contributed by atoms with van der Waals surface area (Å²) in [5.41, 5.74) is 10.9. The van der Waals surface area contributed by atoms with Crippen molar-refractivity contribution in [2.24, 2.45) is 7.05 Å². The van der Waals surface area contributed by atoms with Crippen molar-refractivity contribution in [2.45, 2.75) is 6.92 Å². The van der Waals surface area contributed by atoms with Crippen LogP contribution < -0.4 is 10.2 Å². The third-order valence-corrected chi connectivity index (χ3v) is 4.42. The molecular weight excluding hydrogens is 330 g/mol. The molecule has 0 amide bonds. The monoisotopic (exact) mass is 347 g/mol. The van der Waals surface area contributed by atoms with Crippen LogP contribution >= 0.6 is 0 Å². The van der Waals surface area contributed by atoms with E-state index in [2.05, 4.69) is 5.27 Å². The molecule has 0 unspecified atom stereocenters. The van der Waals surface area contributed by atoms with Crippen molar-refractivity contribution in [1.82, 2.24) is 14.6 Å². The lowest BCUT2D eigenvalue weighted by Gasteiger charge is -2.06. The van der Waals surface area contributed by atoms with Gasteiger partial charge in [-0.25, -0.2) is 4.68 Å². The Morgan fingerprint density at radius 3 is 2.31 bits per heavy atom. The summed E-state index contributed by atoms with van der Waals surface area (Å²) in [6.07, 6.45) is 0. The standard InChI is InChI=1S/C19H17N5O2/c1-13-16(19(25)24(22(13)2)15-11-7-4-8-12-15)23-17(18(20)26-21-23)14-9-5-3-6-10-14/h3-12H,1-2H3,(H-,20,21). The molecule has 0 fully saturated rings. The largest absolute Gasteiger partial charge is 0.660 e. The molecule has 0 spiro atoms. The smallest absolute Gasteiger partial charge is 0.346 e. The summed E-state index contributed by atoms with van der Waals surface area (Å²) in [5, 5.41) is 3.96. The van der Waals surface area contributed by atoms with Crippen molar-refractivity contribution in [3.63, 3.8) is 0 Å². The minimum atomic E-state index is -0.230. The maximum Gasteiger partial charge on any atom is 0.346 e. The van der Waals surface area contributed by atoms with Crippen LogP contribution in [0.25, 0.3) is 28.4 Å². The Morgan fingerprint density at radius 1 is 1.04 bits per heavy atom. The number of aromatic nitrogens is 4. The van der Waals surface area contributed by atoms with E-state index in [1.807, 2.05) is 74.6 Å². The first-order valence-corrected chi connectivity index (χ1v) is 8.13. The molecule has 0 saturated carbocycles. The van der Waals surface area contributed by atoms with Gasteiger partial charge in [0.15, 0.2) is 0 Å². The van der Waals surface area contributed by atoms with E-state index in [0.717, 1.165) is 11.3 Å². The van der Waals surface area contributed by atoms with Gasteiger partial charge in [0.1, 0.15) is 11.6 Å². The molecule has 4 rings (SSSR count). The fraction of sp³-hybridized carbons (Fsp3) is 0.105. The van der Waals surface area contributed by atoms with Crippen LogP contribution in [0.4, 0.5) is 5.88 Å². The van der Waals surface area contributed by atoms with Crippen molar-refractivity contribution in [1.29, 1.82) is 0 Å². The number of nitrogens with zero attached hydrogens (tertiary/aromatic N) is 4. The average molecular weight is 347 g/mol. The molecule has 0 bridgehead atoms. The molecule has 2 aromatic heterocycles. The molecule has 4 aromatic rings. The highest BCUT2D eigenvalue weighted by Crippen LogP contribution is 2.26. The Balaban J connectivity index is 1.99. The Morgan fingerprint density at radius 2 is 1.65 bits per heavy atom. The summed E-state index contributed by atoms with van der Waals surface area (Å²) in [5.74, 6) is -0.0925. The van der Waals surface area contributed by atoms with Gasteiger partial charge < -0.3 is 10.3 Å². The number of nitrogens with one attached hydrogen (secondary N) is 1. The number of hydrogen-bond acceptors (Lipinski definition) is 3. The van der Waals surface area contributed by atoms with Crippen molar-refractivity contribution in [3.05, 3.63) is 82.4 Å². The van der Waals surface area contributed by atoms with Gasteiger partial charge in [0.25, 0.3) is 5.69 Å². The van der Waals surface area contributed by atoms with Gasteiger partial charge in [-0.05, 0) is 35.9 Å². The molecule has 0 aliphatic carbocycles. The van der Waals surface area contributed by atoms with E-state index < -0.39 is 0 Å². The van der Waals surface area contributed by atoms with E-state index in [1.54, 1.807) is 9.36 Å². The Kier molecular flexibility index (Phi) is 3.69. The molecular formula is C19H17N5O2. The highest BCUT2D eigenvalue weighted by Gasteiger charge is 2.32. The predicted octanol–water partition coefficient (Wildman–Crippen LogP) is 3.10. The molecule has 2 heterocycles. The van der Waals surface area contributed by atoms with Crippen LogP contribution in [0.2, 0.25) is 0 Å². The summed E-state index contributed by atoms with van der Waals surface area (Å²) in [7, 11) is 1.82. The molecule has 0 saturated heterocycles. The number of benzene rings is 2. The van der Waals surface area contributed by atoms with Gasteiger partial charge >= 0.3 is 11.2 Å². The number of para-hydroxylation sites is 1. The molecule has 0 radical (unpaired) electrons. The summed E-state index contributed by atoms with van der Waals surface area (Å²) < 4.78 is 9.85. The zero-order chi connectivity index (χ0) is 18.3. The summed E-state index contributed by atoms with van der Waals surface area (Å²) in [6.45, 7) is 1.84. The fourth-order valence-corrected chi connectivity index (χ4v) is 3.06. The minimum absolute atomic E-state index is 0.0925. The van der Waals surface area contributed by atoms with Crippen molar-refractivity contribution >= 4 is 5.88 Å². The maximum absolute atomic E-state index is 13.2. The van der Waals surface area contributed by atoms with Crippen LogP contribution in [0.15, 0.2) is 70.0 Å². The van der Waals surface area contributed by atoms with E-state index in [9.17, 15) is 4.79 Å². The fourth-order valence-electron chi connectivity index (χ4n) is 3.06. The first kappa shape index (κ1) is 15.9. The first-order chi connectivity index (χ1) is 12.6. The second kappa shape index (κ2) is 6.03. The van der Waals surface area contributed by atoms with Gasteiger partial charge in [0.05, 0.1) is 11.3 Å². The van der Waals surface area contributed by atoms with E-state index >= 15 is 0 Å². The molecule has 7 heteroatoms. The third kappa shape index (κ3) is 2.33. The second-order valence-corrected chi connectivity index (χ2v) is 5.94. The molecule has 2 aromatic carbocycles. The quantitative estimate of drug-likeness (QED) is 0.534. The average Bonchev–Trinajstić information content (AvgIpc) is 3.14. The van der Waals surface area contributed by atoms with E-state index in [-0.39, 0.29) is 11.4 Å². The van der Waals surface area contributed by atoms with Crippen molar-refractivity contribution in [3.8, 4) is 22.6 Å². The Bertz CT molecular complexity index is 1120.